The highest BCUT2D eigenvalue weighted by atomic mass is 16.3. The molecule has 0 aliphatic heterocycles. The minimum absolute atomic E-state index is 0.0650. The second kappa shape index (κ2) is 17.4. The Labute approximate surface area is 289 Å². The number of para-hydroxylation sites is 1. The molecule has 2 aromatic carbocycles. The molecule has 49 heavy (non-hydrogen) atoms. The Morgan fingerprint density at radius 1 is 0.980 bits per heavy atom. The van der Waals surface area contributed by atoms with E-state index in [2.05, 4.69) is 27.5 Å². The first-order valence-electron chi connectivity index (χ1n) is 17.9. The number of aromatic nitrogens is 1. The zero-order valence-electron chi connectivity index (χ0n) is 28.4. The highest BCUT2D eigenvalue weighted by molar-refractivity contribution is 5.99. The van der Waals surface area contributed by atoms with Gasteiger partial charge < -0.3 is 31.6 Å². The van der Waals surface area contributed by atoms with Crippen molar-refractivity contribution in [2.45, 2.75) is 95.7 Å². The summed E-state index contributed by atoms with van der Waals surface area (Å²) >= 11 is 0. The Hall–Kier alpha value is -4.31. The van der Waals surface area contributed by atoms with E-state index in [1.54, 1.807) is 18.2 Å². The van der Waals surface area contributed by atoms with Gasteiger partial charge in [-0.15, -0.1) is 0 Å². The molecule has 5 N–H and O–H groups in total. The van der Waals surface area contributed by atoms with E-state index in [1.165, 1.54) is 12.8 Å². The number of rotatable bonds is 15. The van der Waals surface area contributed by atoms with Gasteiger partial charge in [0, 0.05) is 11.9 Å². The number of carbonyl (C=O) groups is 3. The van der Waals surface area contributed by atoms with E-state index in [0.717, 1.165) is 49.5 Å². The molecule has 2 aliphatic rings. The summed E-state index contributed by atoms with van der Waals surface area (Å²) in [6.45, 7) is 2.59. The number of nitrogens with one attached hydrogen (secondary N) is 2. The van der Waals surface area contributed by atoms with Gasteiger partial charge in [-0.25, -0.2) is 4.98 Å². The molecule has 7 unspecified atom stereocenters. The molecule has 2 fully saturated rings. The number of carbonyl (C=O) groups excluding carboxylic acids is 3. The van der Waals surface area contributed by atoms with Crippen LogP contribution in [0.2, 0.25) is 0 Å². The van der Waals surface area contributed by atoms with Crippen LogP contribution in [-0.4, -0.2) is 58.4 Å². The number of aliphatic hydroxyl groups is 1. The number of primary amides is 1. The molecule has 5 rings (SSSR count). The summed E-state index contributed by atoms with van der Waals surface area (Å²) < 4.78 is 0. The van der Waals surface area contributed by atoms with Gasteiger partial charge in [-0.2, -0.15) is 0 Å². The maximum absolute atomic E-state index is 13.8. The third-order valence-corrected chi connectivity index (χ3v) is 10.4. The van der Waals surface area contributed by atoms with Crippen LogP contribution in [0.1, 0.15) is 87.2 Å². The molecule has 0 spiro atoms. The maximum atomic E-state index is 13.8. The van der Waals surface area contributed by atoms with Crippen LogP contribution in [0.3, 0.4) is 0 Å². The van der Waals surface area contributed by atoms with Gasteiger partial charge in [-0.3, -0.25) is 14.4 Å². The van der Waals surface area contributed by atoms with Crippen molar-refractivity contribution in [2.24, 2.45) is 34.4 Å². The second-order valence-electron chi connectivity index (χ2n) is 13.9. The molecule has 0 saturated heterocycles. The SMILES string of the molecule is CCCCN=C([O-])C1CC2CCCCC2CC1CC(O)C(Cc1ccccc1)NC(=O)C(CC(N)=O)NC(=O)c1ccc2ccccc2n1. The van der Waals surface area contributed by atoms with Crippen LogP contribution in [0.25, 0.3) is 10.9 Å². The molecule has 0 bridgehead atoms. The number of amides is 3. The quantitative estimate of drug-likeness (QED) is 0.108. The molecule has 2 aliphatic carbocycles. The molecule has 10 nitrogen and oxygen atoms in total. The number of hydrogen-bond acceptors (Lipinski definition) is 7. The lowest BCUT2D eigenvalue weighted by atomic mass is 9.62. The Bertz CT molecular complexity index is 1600. The zero-order chi connectivity index (χ0) is 34.8. The fourth-order valence-corrected chi connectivity index (χ4v) is 7.75. The summed E-state index contributed by atoms with van der Waals surface area (Å²) in [6.07, 6.45) is 7.33. The van der Waals surface area contributed by atoms with Gasteiger partial charge in [0.15, 0.2) is 0 Å². The van der Waals surface area contributed by atoms with E-state index in [1.807, 2.05) is 48.5 Å². The Morgan fingerprint density at radius 2 is 1.69 bits per heavy atom. The monoisotopic (exact) mass is 668 g/mol. The average Bonchev–Trinajstić information content (AvgIpc) is 3.10. The number of aliphatic imine (C=N–C) groups is 1. The van der Waals surface area contributed by atoms with Crippen molar-refractivity contribution in [3.63, 3.8) is 0 Å². The minimum Gasteiger partial charge on any atom is -0.862 e. The summed E-state index contributed by atoms with van der Waals surface area (Å²) in [5.41, 5.74) is 7.14. The number of fused-ring (bicyclic) bond motifs is 2. The zero-order valence-corrected chi connectivity index (χ0v) is 28.4. The fraction of sp³-hybridized carbons (Fsp3) is 0.513. The largest absolute Gasteiger partial charge is 0.862 e. The lowest BCUT2D eigenvalue weighted by Crippen LogP contribution is -2.55. The van der Waals surface area contributed by atoms with Crippen molar-refractivity contribution >= 4 is 34.5 Å². The van der Waals surface area contributed by atoms with Crippen molar-refractivity contribution in [1.82, 2.24) is 15.6 Å². The molecule has 3 aromatic rings. The van der Waals surface area contributed by atoms with Crippen molar-refractivity contribution in [2.75, 3.05) is 6.54 Å². The lowest BCUT2D eigenvalue weighted by Gasteiger charge is -2.46. The number of unbranched alkanes of at least 4 members (excludes halogenated alkanes) is 1. The van der Waals surface area contributed by atoms with Gasteiger partial charge in [0.1, 0.15) is 11.7 Å². The molecular formula is C39H50N5O5-. The topological polar surface area (TPSA) is 170 Å². The van der Waals surface area contributed by atoms with Crippen LogP contribution >= 0.6 is 0 Å². The van der Waals surface area contributed by atoms with Crippen molar-refractivity contribution in [3.05, 3.63) is 78.0 Å². The van der Waals surface area contributed by atoms with E-state index in [4.69, 9.17) is 5.73 Å². The van der Waals surface area contributed by atoms with E-state index in [0.29, 0.717) is 36.7 Å². The summed E-state index contributed by atoms with van der Waals surface area (Å²) in [4.78, 5) is 48.0. The van der Waals surface area contributed by atoms with E-state index in [-0.39, 0.29) is 23.4 Å². The van der Waals surface area contributed by atoms with E-state index >= 15 is 0 Å². The van der Waals surface area contributed by atoms with Gasteiger partial charge in [0.05, 0.1) is 24.1 Å². The van der Waals surface area contributed by atoms with Crippen LogP contribution < -0.4 is 21.5 Å². The van der Waals surface area contributed by atoms with E-state index < -0.39 is 42.3 Å². The van der Waals surface area contributed by atoms with Crippen molar-refractivity contribution < 1.29 is 24.6 Å². The van der Waals surface area contributed by atoms with Crippen LogP contribution in [0.5, 0.6) is 0 Å². The second-order valence-corrected chi connectivity index (χ2v) is 13.9. The van der Waals surface area contributed by atoms with Gasteiger partial charge in [0.25, 0.3) is 5.91 Å². The maximum Gasteiger partial charge on any atom is 0.270 e. The number of hydrogen-bond donors (Lipinski definition) is 4. The van der Waals surface area contributed by atoms with Crippen LogP contribution in [0.15, 0.2) is 71.7 Å². The molecule has 3 amide bonds. The molecule has 10 heteroatoms. The van der Waals surface area contributed by atoms with Gasteiger partial charge in [-0.05, 0) is 79.4 Å². The predicted molar refractivity (Wildman–Crippen MR) is 188 cm³/mol. The summed E-state index contributed by atoms with van der Waals surface area (Å²) in [7, 11) is 0. The Kier molecular flexibility index (Phi) is 12.8. The molecule has 0 radical (unpaired) electrons. The Morgan fingerprint density at radius 3 is 2.43 bits per heavy atom. The average molecular weight is 669 g/mol. The van der Waals surface area contributed by atoms with Gasteiger partial charge >= 0.3 is 0 Å². The number of benzene rings is 2. The standard InChI is InChI=1S/C39H51N5O5/c1-2-3-19-41-37(47)30-22-28-15-8-7-14-27(28)21-29(30)23-35(45)33(20-25-11-5-4-6-12-25)43-39(49)34(24-36(40)46)44-38(48)32-18-17-26-13-9-10-16-31(26)42-32/h4-6,9-13,16-18,27-30,33-35,45H,2-3,7-8,14-15,19-24H2,1H3,(H2,40,46)(H,41,47)(H,43,49)(H,44,48)/p-1. The van der Waals surface area contributed by atoms with Gasteiger partial charge in [-0.1, -0.05) is 93.6 Å². The van der Waals surface area contributed by atoms with Crippen LogP contribution in [-0.2, 0) is 16.0 Å². The Balaban J connectivity index is 1.35. The number of nitrogens with zero attached hydrogens (tertiary/aromatic N) is 2. The number of nitrogens with two attached hydrogens (primary N) is 1. The first-order chi connectivity index (χ1) is 23.7. The predicted octanol–water partition coefficient (Wildman–Crippen LogP) is 4.08. The van der Waals surface area contributed by atoms with Gasteiger partial charge in [0.2, 0.25) is 11.8 Å². The number of aliphatic hydroxyl groups excluding tert-OH is 1. The summed E-state index contributed by atoms with van der Waals surface area (Å²) in [6, 6.07) is 18.2. The van der Waals surface area contributed by atoms with Crippen LogP contribution in [0.4, 0.5) is 0 Å². The smallest absolute Gasteiger partial charge is 0.270 e. The van der Waals surface area contributed by atoms with Crippen molar-refractivity contribution in [1.29, 1.82) is 0 Å². The van der Waals surface area contributed by atoms with Crippen LogP contribution in [0, 0.1) is 23.7 Å². The number of pyridine rings is 1. The summed E-state index contributed by atoms with van der Waals surface area (Å²) in [5, 5.41) is 31.8. The summed E-state index contributed by atoms with van der Waals surface area (Å²) in [5.74, 6) is -1.37. The van der Waals surface area contributed by atoms with E-state index in [9.17, 15) is 24.6 Å². The lowest BCUT2D eigenvalue weighted by molar-refractivity contribution is -0.229. The molecule has 2 saturated carbocycles. The molecule has 1 aromatic heterocycles. The molecule has 262 valence electrons. The normalized spacial score (nSPS) is 22.8. The third-order valence-electron chi connectivity index (χ3n) is 10.4. The van der Waals surface area contributed by atoms with Crippen molar-refractivity contribution in [3.8, 4) is 0 Å². The third kappa shape index (κ3) is 9.88. The molecule has 7 atom stereocenters. The molecular weight excluding hydrogens is 618 g/mol. The first kappa shape index (κ1) is 36.0. The highest BCUT2D eigenvalue weighted by Gasteiger charge is 2.40. The highest BCUT2D eigenvalue weighted by Crippen LogP contribution is 2.47. The molecule has 1 heterocycles. The first-order valence-corrected chi connectivity index (χ1v) is 17.9. The minimum atomic E-state index is -1.28. The fourth-order valence-electron chi connectivity index (χ4n) is 7.75.